The van der Waals surface area contributed by atoms with E-state index < -0.39 is 12.6 Å². The molecule has 0 fully saturated rings. The van der Waals surface area contributed by atoms with Crippen molar-refractivity contribution in [1.82, 2.24) is 0 Å². The van der Waals surface area contributed by atoms with Gasteiger partial charge < -0.3 is 4.74 Å². The predicted molar refractivity (Wildman–Crippen MR) is 70.4 cm³/mol. The summed E-state index contributed by atoms with van der Waals surface area (Å²) in [6.07, 6.45) is 0.903. The van der Waals surface area contributed by atoms with Crippen molar-refractivity contribution < 1.29 is 9.53 Å². The predicted octanol–water partition coefficient (Wildman–Crippen LogP) is 3.89. The van der Waals surface area contributed by atoms with Crippen LogP contribution in [0.1, 0.15) is 20.3 Å². The molecule has 92 valence electrons. The Kier molecular flexibility index (Phi) is 3.83. The molecule has 1 atom stereocenters. The third kappa shape index (κ3) is 2.46. The summed E-state index contributed by atoms with van der Waals surface area (Å²) in [6.45, 7) is 10.4. The lowest BCUT2D eigenvalue weighted by Crippen LogP contribution is -2.34. The fourth-order valence-corrected chi connectivity index (χ4v) is 4.14. The van der Waals surface area contributed by atoms with Gasteiger partial charge in [0.2, 0.25) is 5.78 Å². The van der Waals surface area contributed by atoms with Gasteiger partial charge in [-0.05, 0) is 29.6 Å². The number of Topliss-reactive ketones (excluding diaryl/α,β-unsaturated/α-hetero) is 1. The van der Waals surface area contributed by atoms with E-state index in [-0.39, 0.29) is 11.7 Å². The minimum Gasteiger partial charge on any atom is -0.455 e. The lowest BCUT2D eigenvalue weighted by Gasteiger charge is -2.19. The third-order valence-corrected chi connectivity index (χ3v) is 5.26. The second-order valence-corrected chi connectivity index (χ2v) is 11.5. The van der Waals surface area contributed by atoms with Crippen LogP contribution >= 0.6 is 23.2 Å². The average Bonchev–Trinajstić information content (AvgIpc) is 2.36. The molecule has 16 heavy (non-hydrogen) atoms. The van der Waals surface area contributed by atoms with Gasteiger partial charge in [0.15, 0.2) is 0 Å². The number of allylic oxidation sites excluding steroid dienone is 1. The smallest absolute Gasteiger partial charge is 0.322 e. The van der Waals surface area contributed by atoms with Gasteiger partial charge in [-0.3, -0.25) is 4.79 Å². The van der Waals surface area contributed by atoms with Crippen LogP contribution in [0.5, 0.6) is 0 Å². The Bertz CT molecular complexity index is 342. The van der Waals surface area contributed by atoms with Gasteiger partial charge >= 0.3 is 4.52 Å². The van der Waals surface area contributed by atoms with Crippen molar-refractivity contribution in [2.24, 2.45) is 5.92 Å². The van der Waals surface area contributed by atoms with Crippen LogP contribution in [0.15, 0.2) is 11.0 Å². The Labute approximate surface area is 108 Å². The van der Waals surface area contributed by atoms with E-state index in [0.717, 1.165) is 11.6 Å². The van der Waals surface area contributed by atoms with Gasteiger partial charge in [0.25, 0.3) is 0 Å². The standard InChI is InChI=1S/C11H18Cl2O2Si/c1-6-7(2)8-9(16(3,4)5)10(14)11(12,13)15-8/h7H,6H2,1-5H3. The number of ketones is 1. The van der Waals surface area contributed by atoms with Crippen LogP contribution in [0.4, 0.5) is 0 Å². The molecule has 1 rings (SSSR count). The molecule has 1 aliphatic rings. The Morgan fingerprint density at radius 3 is 2.25 bits per heavy atom. The Hall–Kier alpha value is 0.00688. The number of alkyl halides is 2. The van der Waals surface area contributed by atoms with Crippen molar-refractivity contribution >= 4 is 37.1 Å². The van der Waals surface area contributed by atoms with Crippen LogP contribution in [-0.2, 0) is 9.53 Å². The minimum atomic E-state index is -1.78. The molecule has 5 heteroatoms. The highest BCUT2D eigenvalue weighted by atomic mass is 35.5. The summed E-state index contributed by atoms with van der Waals surface area (Å²) < 4.78 is 3.75. The summed E-state index contributed by atoms with van der Waals surface area (Å²) in [5.74, 6) is 0.631. The van der Waals surface area contributed by atoms with E-state index in [0.29, 0.717) is 5.76 Å². The van der Waals surface area contributed by atoms with Crippen molar-refractivity contribution in [1.29, 1.82) is 0 Å². The van der Waals surface area contributed by atoms with Crippen LogP contribution in [-0.4, -0.2) is 18.4 Å². The number of rotatable bonds is 3. The van der Waals surface area contributed by atoms with Gasteiger partial charge in [-0.1, -0.05) is 33.5 Å². The summed E-state index contributed by atoms with van der Waals surface area (Å²) in [5.41, 5.74) is 0. The largest absolute Gasteiger partial charge is 0.455 e. The van der Waals surface area contributed by atoms with Crippen molar-refractivity contribution in [2.75, 3.05) is 0 Å². The number of hydrogen-bond acceptors (Lipinski definition) is 2. The summed E-state index contributed by atoms with van der Waals surface area (Å²) in [6, 6.07) is 0. The van der Waals surface area contributed by atoms with Gasteiger partial charge in [-0.15, -0.1) is 0 Å². The number of hydrogen-bond donors (Lipinski definition) is 0. The van der Waals surface area contributed by atoms with Crippen molar-refractivity contribution in [2.45, 2.75) is 44.4 Å². The topological polar surface area (TPSA) is 26.3 Å². The molecule has 0 bridgehead atoms. The number of halogens is 2. The number of carbonyl (C=O) groups excluding carboxylic acids is 1. The van der Waals surface area contributed by atoms with Gasteiger partial charge in [-0.2, -0.15) is 0 Å². The molecule has 0 saturated carbocycles. The number of carbonyl (C=O) groups is 1. The van der Waals surface area contributed by atoms with Crippen LogP contribution in [0.3, 0.4) is 0 Å². The van der Waals surface area contributed by atoms with Crippen LogP contribution in [0.2, 0.25) is 19.6 Å². The highest BCUT2D eigenvalue weighted by Gasteiger charge is 2.51. The van der Waals surface area contributed by atoms with Gasteiger partial charge in [0.05, 0.1) is 8.07 Å². The first-order valence-electron chi connectivity index (χ1n) is 5.47. The van der Waals surface area contributed by atoms with E-state index in [1.54, 1.807) is 0 Å². The van der Waals surface area contributed by atoms with Crippen molar-refractivity contribution in [3.63, 3.8) is 0 Å². The monoisotopic (exact) mass is 280 g/mol. The molecule has 1 heterocycles. The SMILES string of the molecule is CCC(C)C1=C([Si](C)(C)C)C(=O)C(Cl)(Cl)O1. The molecule has 0 aromatic rings. The number of ether oxygens (including phenoxy) is 1. The molecule has 0 aromatic carbocycles. The minimum absolute atomic E-state index is 0.185. The highest BCUT2D eigenvalue weighted by molar-refractivity contribution is 6.89. The van der Waals surface area contributed by atoms with Gasteiger partial charge in [0, 0.05) is 11.1 Å². The second kappa shape index (κ2) is 4.35. The molecule has 0 aliphatic carbocycles. The first-order valence-corrected chi connectivity index (χ1v) is 9.73. The fraction of sp³-hybridized carbons (Fsp3) is 0.727. The lowest BCUT2D eigenvalue weighted by atomic mass is 10.1. The molecular formula is C11H18Cl2O2Si. The maximum atomic E-state index is 12.1. The first-order chi connectivity index (χ1) is 7.11. The zero-order valence-electron chi connectivity index (χ0n) is 10.4. The zero-order chi connectivity index (χ0) is 12.7. The molecule has 0 N–H and O–H groups in total. The van der Waals surface area contributed by atoms with Gasteiger partial charge in [0.1, 0.15) is 5.76 Å². The van der Waals surface area contributed by atoms with E-state index in [4.69, 9.17) is 27.9 Å². The molecule has 0 spiro atoms. The summed E-state index contributed by atoms with van der Waals surface area (Å²) in [5, 5.41) is 0.756. The molecule has 1 aliphatic heterocycles. The second-order valence-electron chi connectivity index (χ2n) is 5.25. The maximum Gasteiger partial charge on any atom is 0.322 e. The van der Waals surface area contributed by atoms with Crippen molar-refractivity contribution in [3.05, 3.63) is 11.0 Å². The quantitative estimate of drug-likeness (QED) is 0.579. The van der Waals surface area contributed by atoms with E-state index in [2.05, 4.69) is 26.6 Å². The first kappa shape index (κ1) is 14.1. The fourth-order valence-electron chi connectivity index (χ4n) is 1.74. The highest BCUT2D eigenvalue weighted by Crippen LogP contribution is 2.43. The maximum absolute atomic E-state index is 12.1. The lowest BCUT2D eigenvalue weighted by molar-refractivity contribution is -0.119. The summed E-state index contributed by atoms with van der Waals surface area (Å²) in [7, 11) is -1.78. The van der Waals surface area contributed by atoms with E-state index in [1.165, 1.54) is 0 Å². The van der Waals surface area contributed by atoms with E-state index >= 15 is 0 Å². The molecular weight excluding hydrogens is 263 g/mol. The average molecular weight is 281 g/mol. The van der Waals surface area contributed by atoms with Crippen LogP contribution < -0.4 is 0 Å². The third-order valence-electron chi connectivity index (χ3n) is 2.79. The normalized spacial score (nSPS) is 22.3. The Morgan fingerprint density at radius 2 is 1.88 bits per heavy atom. The summed E-state index contributed by atoms with van der Waals surface area (Å²) in [4.78, 5) is 12.1. The van der Waals surface area contributed by atoms with E-state index in [1.807, 2.05) is 6.92 Å². The van der Waals surface area contributed by atoms with Crippen molar-refractivity contribution in [3.8, 4) is 0 Å². The molecule has 0 aromatic heterocycles. The molecule has 0 radical (unpaired) electrons. The summed E-state index contributed by atoms with van der Waals surface area (Å²) >= 11 is 11.8. The molecule has 2 nitrogen and oxygen atoms in total. The Morgan fingerprint density at radius 1 is 1.38 bits per heavy atom. The van der Waals surface area contributed by atoms with Crippen LogP contribution in [0, 0.1) is 5.92 Å². The van der Waals surface area contributed by atoms with Crippen LogP contribution in [0.25, 0.3) is 0 Å². The molecule has 0 amide bonds. The Balaban J connectivity index is 3.25. The van der Waals surface area contributed by atoms with E-state index in [9.17, 15) is 4.79 Å². The van der Waals surface area contributed by atoms with Gasteiger partial charge in [-0.25, -0.2) is 0 Å². The molecule has 0 saturated heterocycles. The molecule has 1 unspecified atom stereocenters. The zero-order valence-corrected chi connectivity index (χ0v) is 12.9.